The van der Waals surface area contributed by atoms with Crippen LogP contribution < -0.4 is 10.2 Å². The van der Waals surface area contributed by atoms with Crippen LogP contribution in [0.15, 0.2) is 24.5 Å². The van der Waals surface area contributed by atoms with Crippen LogP contribution in [0, 0.1) is 5.82 Å². The molecule has 2 aliphatic heterocycles. The molecule has 1 aromatic heterocycles. The van der Waals surface area contributed by atoms with Gasteiger partial charge in [0.05, 0.1) is 11.5 Å². The lowest BCUT2D eigenvalue weighted by molar-refractivity contribution is -0.140. The fourth-order valence-electron chi connectivity index (χ4n) is 5.75. The van der Waals surface area contributed by atoms with Crippen molar-refractivity contribution in [1.29, 1.82) is 0 Å². The molecule has 3 aliphatic rings. The first kappa shape index (κ1) is 26.8. The van der Waals surface area contributed by atoms with Gasteiger partial charge in [0.2, 0.25) is 5.91 Å². The molecule has 2 fully saturated rings. The van der Waals surface area contributed by atoms with Crippen LogP contribution in [0.4, 0.5) is 23.4 Å². The molecule has 0 spiro atoms. The monoisotopic (exact) mass is 535 g/mol. The van der Waals surface area contributed by atoms with Crippen LogP contribution >= 0.6 is 0 Å². The van der Waals surface area contributed by atoms with Gasteiger partial charge in [-0.25, -0.2) is 14.4 Å². The molecule has 1 aromatic carbocycles. The maximum atomic E-state index is 14.5. The summed E-state index contributed by atoms with van der Waals surface area (Å²) in [6, 6.07) is 2.95. The number of nitrogens with zero attached hydrogens (tertiary/aromatic N) is 4. The molecule has 2 aromatic rings. The van der Waals surface area contributed by atoms with Crippen molar-refractivity contribution in [3.05, 3.63) is 52.7 Å². The first-order valence-electron chi connectivity index (χ1n) is 13.3. The van der Waals surface area contributed by atoms with Crippen molar-refractivity contribution in [3.63, 3.8) is 0 Å². The zero-order valence-corrected chi connectivity index (χ0v) is 21.4. The molecule has 7 nitrogen and oxygen atoms in total. The normalized spacial score (nSPS) is 21.4. The van der Waals surface area contributed by atoms with Crippen molar-refractivity contribution in [1.82, 2.24) is 20.2 Å². The van der Waals surface area contributed by atoms with E-state index < -0.39 is 23.5 Å². The largest absolute Gasteiger partial charge is 0.419 e. The number of hydrogen-bond acceptors (Lipinski definition) is 6. The zero-order chi connectivity index (χ0) is 26.9. The second kappa shape index (κ2) is 11.1. The number of alkyl halides is 3. The van der Waals surface area contributed by atoms with Crippen LogP contribution in [0.2, 0.25) is 0 Å². The highest BCUT2D eigenvalue weighted by Crippen LogP contribution is 2.37. The molecule has 38 heavy (non-hydrogen) atoms. The van der Waals surface area contributed by atoms with Crippen molar-refractivity contribution < 1.29 is 27.1 Å². The van der Waals surface area contributed by atoms with Gasteiger partial charge in [0, 0.05) is 63.2 Å². The number of anilines is 1. The minimum atomic E-state index is -4.79. The number of amides is 1. The fraction of sp³-hybridized carbons (Fsp3) is 0.593. The predicted molar refractivity (Wildman–Crippen MR) is 134 cm³/mol. The van der Waals surface area contributed by atoms with Crippen LogP contribution in [-0.4, -0.2) is 72.8 Å². The molecule has 1 aliphatic carbocycles. The molecule has 5 rings (SSSR count). The third kappa shape index (κ3) is 5.63. The van der Waals surface area contributed by atoms with Gasteiger partial charge in [-0.1, -0.05) is 13.0 Å². The number of hydrogen-bond donors (Lipinski definition) is 1. The van der Waals surface area contributed by atoms with E-state index >= 15 is 0 Å². The smallest absolute Gasteiger partial charge is 0.381 e. The Labute approximate surface area is 219 Å². The second-order valence-corrected chi connectivity index (χ2v) is 10.4. The van der Waals surface area contributed by atoms with E-state index in [1.807, 2.05) is 0 Å². The first-order chi connectivity index (χ1) is 18.2. The van der Waals surface area contributed by atoms with Gasteiger partial charge in [0.1, 0.15) is 18.0 Å². The summed E-state index contributed by atoms with van der Waals surface area (Å²) in [5.74, 6) is -1.07. The molecule has 0 radical (unpaired) electrons. The van der Waals surface area contributed by atoms with Gasteiger partial charge in [-0.05, 0) is 49.3 Å². The van der Waals surface area contributed by atoms with Gasteiger partial charge in [0.15, 0.2) is 0 Å². The standard InChI is InChI=1S/C27H33F4N5O2/c1-17-2-5-23-24(17)25(34-16-33-23)35-8-10-36(11-9-35)26(37)20(15-32-19-6-12-38-13-7-19)18-3-4-21(22(28)14-18)27(29,30)31/h3-4,14,16-17,19-20,32H,2,5-13,15H2,1H3/t17-,20-/m1/s1. The Morgan fingerprint density at radius 3 is 2.55 bits per heavy atom. The summed E-state index contributed by atoms with van der Waals surface area (Å²) in [7, 11) is 0. The number of halogens is 4. The number of fused-ring (bicyclic) bond motifs is 1. The van der Waals surface area contributed by atoms with Gasteiger partial charge in [-0.3, -0.25) is 4.79 Å². The lowest BCUT2D eigenvalue weighted by atomic mass is 9.94. The van der Waals surface area contributed by atoms with Gasteiger partial charge < -0.3 is 19.9 Å². The van der Waals surface area contributed by atoms with Crippen molar-refractivity contribution in [2.45, 2.75) is 56.7 Å². The highest BCUT2D eigenvalue weighted by molar-refractivity contribution is 5.84. The van der Waals surface area contributed by atoms with Crippen molar-refractivity contribution in [2.75, 3.05) is 50.8 Å². The summed E-state index contributed by atoms with van der Waals surface area (Å²) in [4.78, 5) is 26.6. The number of rotatable bonds is 6. The molecular formula is C27H33F4N5O2. The Morgan fingerprint density at radius 2 is 1.87 bits per heavy atom. The topological polar surface area (TPSA) is 70.6 Å². The number of benzene rings is 1. The molecule has 0 saturated carbocycles. The van der Waals surface area contributed by atoms with E-state index in [1.54, 1.807) is 11.2 Å². The maximum absolute atomic E-state index is 14.5. The molecule has 3 heterocycles. The average molecular weight is 536 g/mol. The molecule has 11 heteroatoms. The SMILES string of the molecule is C[C@@H]1CCc2ncnc(N3CCN(C(=O)[C@H](CNC4CCOCC4)c4ccc(C(F)(F)F)c(F)c4)CC3)c21. The van der Waals surface area contributed by atoms with Gasteiger partial charge >= 0.3 is 6.18 Å². The molecule has 206 valence electrons. The minimum Gasteiger partial charge on any atom is -0.381 e. The Kier molecular flexibility index (Phi) is 7.85. The molecule has 0 unspecified atom stereocenters. The quantitative estimate of drug-likeness (QED) is 0.567. The Balaban J connectivity index is 1.32. The summed E-state index contributed by atoms with van der Waals surface area (Å²) in [5, 5.41) is 3.37. The summed E-state index contributed by atoms with van der Waals surface area (Å²) in [5.41, 5.74) is 1.19. The average Bonchev–Trinajstić information content (AvgIpc) is 3.29. The number of nitrogens with one attached hydrogen (secondary N) is 1. The molecule has 2 saturated heterocycles. The van der Waals surface area contributed by atoms with Crippen LogP contribution in [0.5, 0.6) is 0 Å². The van der Waals surface area contributed by atoms with E-state index in [0.717, 1.165) is 49.3 Å². The van der Waals surface area contributed by atoms with E-state index in [-0.39, 0.29) is 24.1 Å². The first-order valence-corrected chi connectivity index (χ1v) is 13.3. The minimum absolute atomic E-state index is 0.136. The second-order valence-electron chi connectivity index (χ2n) is 10.4. The molecule has 0 bridgehead atoms. The fourth-order valence-corrected chi connectivity index (χ4v) is 5.75. The Bertz CT molecular complexity index is 1150. The van der Waals surface area contributed by atoms with Gasteiger partial charge in [-0.2, -0.15) is 13.2 Å². The van der Waals surface area contributed by atoms with Crippen LogP contribution in [0.25, 0.3) is 0 Å². The summed E-state index contributed by atoms with van der Waals surface area (Å²) >= 11 is 0. The van der Waals surface area contributed by atoms with Gasteiger partial charge in [0.25, 0.3) is 0 Å². The predicted octanol–water partition coefficient (Wildman–Crippen LogP) is 3.89. The van der Waals surface area contributed by atoms with E-state index in [0.29, 0.717) is 45.3 Å². The van der Waals surface area contributed by atoms with Crippen LogP contribution in [0.3, 0.4) is 0 Å². The van der Waals surface area contributed by atoms with Crippen LogP contribution in [-0.2, 0) is 22.1 Å². The number of carbonyl (C=O) groups excluding carboxylic acids is 1. The van der Waals surface area contributed by atoms with Crippen molar-refractivity contribution in [3.8, 4) is 0 Å². The molecule has 1 N–H and O–H groups in total. The van der Waals surface area contributed by atoms with E-state index in [9.17, 15) is 22.4 Å². The Hall–Kier alpha value is -2.79. The number of ether oxygens (including phenoxy) is 1. The van der Waals surface area contributed by atoms with E-state index in [1.165, 1.54) is 11.6 Å². The highest BCUT2D eigenvalue weighted by Gasteiger charge is 2.36. The van der Waals surface area contributed by atoms with Gasteiger partial charge in [-0.15, -0.1) is 0 Å². The molecule has 1 amide bonds. The third-order valence-corrected chi connectivity index (χ3v) is 7.97. The Morgan fingerprint density at radius 1 is 1.13 bits per heavy atom. The van der Waals surface area contributed by atoms with E-state index in [4.69, 9.17) is 4.74 Å². The molecule has 2 atom stereocenters. The lowest BCUT2D eigenvalue weighted by Gasteiger charge is -2.38. The third-order valence-electron chi connectivity index (χ3n) is 7.97. The van der Waals surface area contributed by atoms with Crippen molar-refractivity contribution >= 4 is 11.7 Å². The summed E-state index contributed by atoms with van der Waals surface area (Å²) in [6.45, 7) is 5.68. The number of carbonyl (C=O) groups is 1. The molecular weight excluding hydrogens is 502 g/mol. The van der Waals surface area contributed by atoms with Crippen molar-refractivity contribution in [2.24, 2.45) is 0 Å². The van der Waals surface area contributed by atoms with Crippen LogP contribution in [0.1, 0.15) is 60.4 Å². The summed E-state index contributed by atoms with van der Waals surface area (Å²) < 4.78 is 59.3. The lowest BCUT2D eigenvalue weighted by Crippen LogP contribution is -2.52. The number of aromatic nitrogens is 2. The maximum Gasteiger partial charge on any atom is 0.419 e. The number of piperazine rings is 1. The van der Waals surface area contributed by atoms with E-state index in [2.05, 4.69) is 27.1 Å². The summed E-state index contributed by atoms with van der Waals surface area (Å²) in [6.07, 6.45) is 0.352. The highest BCUT2D eigenvalue weighted by atomic mass is 19.4. The number of aryl methyl sites for hydroxylation is 1. The zero-order valence-electron chi connectivity index (χ0n) is 21.4.